The number of hydrogen-bond donors (Lipinski definition) is 0. The molecule has 1 aliphatic rings. The maximum Gasteiger partial charge on any atom is 0.253 e. The van der Waals surface area contributed by atoms with Gasteiger partial charge < -0.3 is 18.6 Å². The molecule has 3 aromatic rings. The monoisotopic (exact) mass is 423 g/mol. The second-order valence-electron chi connectivity index (χ2n) is 8.99. The molecule has 4 rings (SSSR count). The van der Waals surface area contributed by atoms with E-state index in [1.165, 1.54) is 0 Å². The molecule has 0 unspecified atom stereocenters. The third-order valence-electron chi connectivity index (χ3n) is 6.11. The minimum atomic E-state index is 0.0381. The van der Waals surface area contributed by atoms with Gasteiger partial charge in [-0.05, 0) is 69.9 Å². The Morgan fingerprint density at radius 1 is 1.16 bits per heavy atom. The van der Waals surface area contributed by atoms with E-state index in [4.69, 9.17) is 14.5 Å². The van der Waals surface area contributed by atoms with E-state index < -0.39 is 0 Å². The average Bonchev–Trinajstić information content (AvgIpc) is 3.15. The summed E-state index contributed by atoms with van der Waals surface area (Å²) in [5.74, 6) is 1.53. The van der Waals surface area contributed by atoms with Crippen molar-refractivity contribution in [3.8, 4) is 11.1 Å². The van der Waals surface area contributed by atoms with E-state index in [0.29, 0.717) is 12.5 Å². The molecule has 0 saturated carbocycles. The summed E-state index contributed by atoms with van der Waals surface area (Å²) in [6, 6.07) is 8.54. The molecule has 6 heteroatoms. The van der Waals surface area contributed by atoms with Gasteiger partial charge in [-0.3, -0.25) is 4.79 Å². The van der Waals surface area contributed by atoms with Crippen LogP contribution in [0.4, 0.5) is 0 Å². The summed E-state index contributed by atoms with van der Waals surface area (Å²) in [5.41, 5.74) is 5.02. The molecule has 166 valence electrons. The highest BCUT2D eigenvalue weighted by Gasteiger charge is 2.25. The molecule has 31 heavy (non-hydrogen) atoms. The van der Waals surface area contributed by atoms with E-state index in [1.54, 1.807) is 11.6 Å². The molecule has 6 nitrogen and oxygen atoms in total. The first-order valence-electron chi connectivity index (χ1n) is 11.2. The van der Waals surface area contributed by atoms with Crippen LogP contribution in [0.2, 0.25) is 0 Å². The fourth-order valence-electron chi connectivity index (χ4n) is 4.44. The summed E-state index contributed by atoms with van der Waals surface area (Å²) in [5, 5.41) is 0. The summed E-state index contributed by atoms with van der Waals surface area (Å²) in [4.78, 5) is 17.2. The summed E-state index contributed by atoms with van der Waals surface area (Å²) in [7, 11) is 1.80. The number of nitrogens with zero attached hydrogens (tertiary/aromatic N) is 3. The van der Waals surface area contributed by atoms with Gasteiger partial charge in [-0.2, -0.15) is 0 Å². The molecule has 0 N–H and O–H groups in total. The van der Waals surface area contributed by atoms with Gasteiger partial charge >= 0.3 is 0 Å². The lowest BCUT2D eigenvalue weighted by Gasteiger charge is -2.26. The van der Waals surface area contributed by atoms with Gasteiger partial charge in [0.05, 0.1) is 29.8 Å². The topological polar surface area (TPSA) is 58.3 Å². The number of benzene rings is 1. The van der Waals surface area contributed by atoms with E-state index in [0.717, 1.165) is 59.6 Å². The predicted molar refractivity (Wildman–Crippen MR) is 124 cm³/mol. The normalized spacial score (nSPS) is 16.3. The molecule has 1 aliphatic heterocycles. The first-order valence-corrected chi connectivity index (χ1v) is 11.2. The van der Waals surface area contributed by atoms with Gasteiger partial charge in [0, 0.05) is 37.9 Å². The Morgan fingerprint density at radius 2 is 1.90 bits per heavy atom. The number of imidazole rings is 1. The van der Waals surface area contributed by atoms with Crippen molar-refractivity contribution in [2.45, 2.75) is 58.6 Å². The molecule has 2 aromatic heterocycles. The van der Waals surface area contributed by atoms with Gasteiger partial charge in [-0.25, -0.2) is 4.98 Å². The molecular formula is C25H33N3O3. The van der Waals surface area contributed by atoms with E-state index in [-0.39, 0.29) is 17.7 Å². The zero-order valence-corrected chi connectivity index (χ0v) is 19.2. The fourth-order valence-corrected chi connectivity index (χ4v) is 4.44. The zero-order chi connectivity index (χ0) is 22.1. The van der Waals surface area contributed by atoms with Crippen LogP contribution in [0.25, 0.3) is 22.2 Å². The standard InChI is InChI=1S/C25H33N3O3/c1-16(2)31-15-18(4)28-23-13-20(21-12-17(3)25(29)27(5)14-21)6-7-22(23)26-24(28)19-8-10-30-11-9-19/h6-7,12-14,16,18-19H,8-11,15H2,1-5H3/t18-/m1/s1. The van der Waals surface area contributed by atoms with Crippen LogP contribution in [0.3, 0.4) is 0 Å². The van der Waals surface area contributed by atoms with E-state index >= 15 is 0 Å². The molecule has 0 aliphatic carbocycles. The Morgan fingerprint density at radius 3 is 2.58 bits per heavy atom. The molecular weight excluding hydrogens is 390 g/mol. The van der Waals surface area contributed by atoms with Crippen molar-refractivity contribution >= 4 is 11.0 Å². The highest BCUT2D eigenvalue weighted by Crippen LogP contribution is 2.34. The number of rotatable bonds is 6. The van der Waals surface area contributed by atoms with Crippen molar-refractivity contribution in [3.63, 3.8) is 0 Å². The van der Waals surface area contributed by atoms with Gasteiger partial charge in [0.25, 0.3) is 5.56 Å². The number of fused-ring (bicyclic) bond motifs is 1. The van der Waals surface area contributed by atoms with Crippen molar-refractivity contribution in [1.82, 2.24) is 14.1 Å². The molecule has 1 aromatic carbocycles. The molecule has 0 radical (unpaired) electrons. The maximum atomic E-state index is 12.1. The molecule has 0 bridgehead atoms. The number of aromatic nitrogens is 3. The predicted octanol–water partition coefficient (Wildman–Crippen LogP) is 4.59. The third kappa shape index (κ3) is 4.46. The zero-order valence-electron chi connectivity index (χ0n) is 19.2. The summed E-state index contributed by atoms with van der Waals surface area (Å²) in [6.45, 7) is 10.4. The lowest BCUT2D eigenvalue weighted by atomic mass is 9.99. The van der Waals surface area contributed by atoms with Crippen molar-refractivity contribution in [2.75, 3.05) is 19.8 Å². The van der Waals surface area contributed by atoms with Crippen LogP contribution in [0, 0.1) is 6.92 Å². The fraction of sp³-hybridized carbons (Fsp3) is 0.520. The number of aryl methyl sites for hydroxylation is 2. The molecule has 1 saturated heterocycles. The number of hydrogen-bond acceptors (Lipinski definition) is 4. The summed E-state index contributed by atoms with van der Waals surface area (Å²) >= 11 is 0. The summed E-state index contributed by atoms with van der Waals surface area (Å²) in [6.07, 6.45) is 4.08. The van der Waals surface area contributed by atoms with Crippen molar-refractivity contribution in [2.24, 2.45) is 7.05 Å². The Hall–Kier alpha value is -2.44. The van der Waals surface area contributed by atoms with Crippen molar-refractivity contribution in [1.29, 1.82) is 0 Å². The van der Waals surface area contributed by atoms with Crippen LogP contribution >= 0.6 is 0 Å². The maximum absolute atomic E-state index is 12.1. The highest BCUT2D eigenvalue weighted by molar-refractivity contribution is 5.83. The van der Waals surface area contributed by atoms with Crippen LogP contribution < -0.4 is 5.56 Å². The van der Waals surface area contributed by atoms with Crippen LogP contribution in [0.15, 0.2) is 35.3 Å². The smallest absolute Gasteiger partial charge is 0.253 e. The SMILES string of the molecule is Cc1cc(-c2ccc3nc(C4CCOCC4)n([C@H](C)COC(C)C)c3c2)cn(C)c1=O. The Kier molecular flexibility index (Phi) is 6.30. The van der Waals surface area contributed by atoms with Crippen LogP contribution in [0.5, 0.6) is 0 Å². The van der Waals surface area contributed by atoms with Crippen LogP contribution in [-0.4, -0.2) is 40.0 Å². The second-order valence-corrected chi connectivity index (χ2v) is 8.99. The Labute approximate surface area is 183 Å². The first-order chi connectivity index (χ1) is 14.8. The van der Waals surface area contributed by atoms with Crippen molar-refractivity contribution < 1.29 is 9.47 Å². The third-order valence-corrected chi connectivity index (χ3v) is 6.11. The van der Waals surface area contributed by atoms with Crippen LogP contribution in [0.1, 0.15) is 57.0 Å². The highest BCUT2D eigenvalue weighted by atomic mass is 16.5. The summed E-state index contributed by atoms with van der Waals surface area (Å²) < 4.78 is 15.6. The van der Waals surface area contributed by atoms with Gasteiger partial charge in [-0.15, -0.1) is 0 Å². The van der Waals surface area contributed by atoms with Gasteiger partial charge in [0.15, 0.2) is 0 Å². The molecule has 0 spiro atoms. The quantitative estimate of drug-likeness (QED) is 0.582. The number of ether oxygens (including phenoxy) is 2. The first kappa shape index (κ1) is 21.8. The van der Waals surface area contributed by atoms with Gasteiger partial charge in [-0.1, -0.05) is 6.07 Å². The van der Waals surface area contributed by atoms with E-state index in [2.05, 4.69) is 43.5 Å². The lowest BCUT2D eigenvalue weighted by molar-refractivity contribution is 0.0558. The molecule has 0 amide bonds. The molecule has 1 fully saturated rings. The van der Waals surface area contributed by atoms with Gasteiger partial charge in [0.1, 0.15) is 5.82 Å². The Bertz CT molecular complexity index is 1100. The second kappa shape index (κ2) is 8.97. The van der Waals surface area contributed by atoms with Crippen molar-refractivity contribution in [3.05, 3.63) is 52.2 Å². The van der Waals surface area contributed by atoms with E-state index in [1.807, 2.05) is 19.2 Å². The number of pyridine rings is 1. The minimum absolute atomic E-state index is 0.0381. The molecule has 1 atom stereocenters. The Balaban J connectivity index is 1.83. The average molecular weight is 424 g/mol. The largest absolute Gasteiger partial charge is 0.381 e. The van der Waals surface area contributed by atoms with Gasteiger partial charge in [0.2, 0.25) is 0 Å². The van der Waals surface area contributed by atoms with E-state index in [9.17, 15) is 4.79 Å². The molecule has 3 heterocycles. The van der Waals surface area contributed by atoms with Crippen LogP contribution in [-0.2, 0) is 16.5 Å². The minimum Gasteiger partial charge on any atom is -0.381 e. The lowest BCUT2D eigenvalue weighted by Crippen LogP contribution is -2.22.